The third-order valence-corrected chi connectivity index (χ3v) is 3.39. The summed E-state index contributed by atoms with van der Waals surface area (Å²) in [5.41, 5.74) is 7.98. The molecule has 1 aromatic carbocycles. The normalized spacial score (nSPS) is 10.7. The minimum atomic E-state index is 0.275. The molecule has 0 bridgehead atoms. The molecule has 0 aliphatic carbocycles. The van der Waals surface area contributed by atoms with Crippen molar-refractivity contribution in [2.75, 3.05) is 5.73 Å². The van der Waals surface area contributed by atoms with Gasteiger partial charge in [0.25, 0.3) is 0 Å². The second-order valence-electron chi connectivity index (χ2n) is 4.66. The quantitative estimate of drug-likeness (QED) is 0.878. The van der Waals surface area contributed by atoms with Gasteiger partial charge in [-0.05, 0) is 12.1 Å². The summed E-state index contributed by atoms with van der Waals surface area (Å²) in [7, 11) is 0. The Morgan fingerprint density at radius 2 is 2.21 bits per heavy atom. The van der Waals surface area contributed by atoms with E-state index in [1.54, 1.807) is 0 Å². The Morgan fingerprint density at radius 1 is 1.47 bits per heavy atom. The molecule has 2 N–H and O–H groups in total. The van der Waals surface area contributed by atoms with Crippen molar-refractivity contribution in [1.29, 1.82) is 0 Å². The van der Waals surface area contributed by atoms with E-state index >= 15 is 0 Å². The fourth-order valence-electron chi connectivity index (χ4n) is 2.03. The van der Waals surface area contributed by atoms with Crippen LogP contribution in [0.15, 0.2) is 28.7 Å². The molecular weight excluding hydrogens is 302 g/mol. The number of hydrogen-bond acceptors (Lipinski definition) is 2. The summed E-state index contributed by atoms with van der Waals surface area (Å²) in [4.78, 5) is 4.66. The van der Waals surface area contributed by atoms with Crippen molar-refractivity contribution in [2.24, 2.45) is 0 Å². The lowest BCUT2D eigenvalue weighted by Crippen LogP contribution is -2.07. The number of aromatic nitrogens is 2. The number of halogens is 1. The van der Waals surface area contributed by atoms with Crippen molar-refractivity contribution >= 4 is 21.7 Å². The number of rotatable bonds is 3. The van der Waals surface area contributed by atoms with Gasteiger partial charge in [-0.1, -0.05) is 47.8 Å². The highest BCUT2D eigenvalue weighted by molar-refractivity contribution is 9.10. The number of nitrogen functional groups attached to an aromatic ring is 1. The molecule has 1 aromatic heterocycles. The molecule has 4 heteroatoms. The monoisotopic (exact) mass is 317 g/mol. The van der Waals surface area contributed by atoms with E-state index < -0.39 is 0 Å². The Labute approximate surface area is 122 Å². The third kappa shape index (κ3) is 2.66. The first-order valence-corrected chi connectivity index (χ1v) is 6.89. The molecular formula is C15H16BrN3. The van der Waals surface area contributed by atoms with Crippen LogP contribution in [0, 0.1) is 12.3 Å². The molecule has 0 spiro atoms. The van der Waals surface area contributed by atoms with Crippen LogP contribution in [-0.2, 0) is 6.54 Å². The number of hydrogen-bond donors (Lipinski definition) is 1. The first-order valence-electron chi connectivity index (χ1n) is 6.10. The number of imidazole rings is 1. The number of nitrogens with two attached hydrogens (primary N) is 1. The van der Waals surface area contributed by atoms with Crippen LogP contribution in [0.2, 0.25) is 0 Å². The highest BCUT2D eigenvalue weighted by Crippen LogP contribution is 2.30. The van der Waals surface area contributed by atoms with Gasteiger partial charge in [0.15, 0.2) is 0 Å². The molecule has 0 fully saturated rings. The maximum atomic E-state index is 6.20. The zero-order chi connectivity index (χ0) is 14.0. The lowest BCUT2D eigenvalue weighted by molar-refractivity contribution is 0.691. The van der Waals surface area contributed by atoms with E-state index in [0.717, 1.165) is 21.6 Å². The summed E-state index contributed by atoms with van der Waals surface area (Å²) in [5.74, 6) is 4.45. The van der Waals surface area contributed by atoms with E-state index in [9.17, 15) is 0 Å². The van der Waals surface area contributed by atoms with Crippen molar-refractivity contribution in [3.8, 4) is 23.6 Å². The standard InChI is InChI=1S/C15H16BrN3/c1-4-8-19-14(17)13(18-15(19)10(2)3)11-6-5-7-12(16)9-11/h1,5-7,9-10H,8,17H2,2-3H3. The minimum Gasteiger partial charge on any atom is -0.383 e. The number of benzene rings is 1. The zero-order valence-corrected chi connectivity index (χ0v) is 12.6. The van der Waals surface area contributed by atoms with Gasteiger partial charge in [0, 0.05) is 16.0 Å². The van der Waals surface area contributed by atoms with Crippen molar-refractivity contribution in [1.82, 2.24) is 9.55 Å². The van der Waals surface area contributed by atoms with Crippen molar-refractivity contribution < 1.29 is 0 Å². The van der Waals surface area contributed by atoms with E-state index in [1.807, 2.05) is 28.8 Å². The first-order chi connectivity index (χ1) is 9.04. The summed E-state index contributed by atoms with van der Waals surface area (Å²) in [5, 5.41) is 0. The summed E-state index contributed by atoms with van der Waals surface area (Å²) >= 11 is 3.46. The second kappa shape index (κ2) is 5.50. The maximum absolute atomic E-state index is 6.20. The van der Waals surface area contributed by atoms with Crippen LogP contribution in [-0.4, -0.2) is 9.55 Å². The summed E-state index contributed by atoms with van der Waals surface area (Å²) in [6.07, 6.45) is 5.41. The molecule has 0 unspecified atom stereocenters. The number of terminal acetylenes is 1. The topological polar surface area (TPSA) is 43.8 Å². The van der Waals surface area contributed by atoms with Crippen LogP contribution in [0.4, 0.5) is 5.82 Å². The Morgan fingerprint density at radius 3 is 2.79 bits per heavy atom. The minimum absolute atomic E-state index is 0.275. The molecule has 0 atom stereocenters. The molecule has 0 saturated carbocycles. The van der Waals surface area contributed by atoms with E-state index in [4.69, 9.17) is 12.2 Å². The van der Waals surface area contributed by atoms with Gasteiger partial charge in [0.1, 0.15) is 17.3 Å². The van der Waals surface area contributed by atoms with Gasteiger partial charge in [-0.2, -0.15) is 0 Å². The molecule has 2 rings (SSSR count). The van der Waals surface area contributed by atoms with Gasteiger partial charge in [0.2, 0.25) is 0 Å². The van der Waals surface area contributed by atoms with Crippen molar-refractivity contribution in [2.45, 2.75) is 26.3 Å². The Hall–Kier alpha value is -1.73. The van der Waals surface area contributed by atoms with Gasteiger partial charge in [-0.25, -0.2) is 4.98 Å². The van der Waals surface area contributed by atoms with Crippen molar-refractivity contribution in [3.63, 3.8) is 0 Å². The van der Waals surface area contributed by atoms with E-state index in [2.05, 4.69) is 40.7 Å². The second-order valence-corrected chi connectivity index (χ2v) is 5.57. The average molecular weight is 318 g/mol. The SMILES string of the molecule is C#CCn1c(C(C)C)nc(-c2cccc(Br)c2)c1N. The molecule has 2 aromatic rings. The fraction of sp³-hybridized carbons (Fsp3) is 0.267. The Balaban J connectivity index is 2.59. The predicted octanol–water partition coefficient (Wildman–Crippen LogP) is 3.65. The predicted molar refractivity (Wildman–Crippen MR) is 82.7 cm³/mol. The largest absolute Gasteiger partial charge is 0.383 e. The maximum Gasteiger partial charge on any atom is 0.132 e. The van der Waals surface area contributed by atoms with Crippen molar-refractivity contribution in [3.05, 3.63) is 34.6 Å². The number of anilines is 1. The highest BCUT2D eigenvalue weighted by atomic mass is 79.9. The van der Waals surface area contributed by atoms with Crippen LogP contribution in [0.5, 0.6) is 0 Å². The summed E-state index contributed by atoms with van der Waals surface area (Å²) < 4.78 is 2.91. The average Bonchev–Trinajstić information content (AvgIpc) is 2.68. The third-order valence-electron chi connectivity index (χ3n) is 2.90. The molecule has 0 amide bonds. The molecule has 0 saturated heterocycles. The molecule has 3 nitrogen and oxygen atoms in total. The number of nitrogens with zero attached hydrogens (tertiary/aromatic N) is 2. The van der Waals surface area contributed by atoms with Crippen LogP contribution in [0.3, 0.4) is 0 Å². The fourth-order valence-corrected chi connectivity index (χ4v) is 2.43. The van der Waals surface area contributed by atoms with Crippen LogP contribution >= 0.6 is 15.9 Å². The lowest BCUT2D eigenvalue weighted by Gasteiger charge is -2.08. The van der Waals surface area contributed by atoms with Gasteiger partial charge in [-0.15, -0.1) is 6.42 Å². The van der Waals surface area contributed by atoms with E-state index in [1.165, 1.54) is 0 Å². The first kappa shape index (κ1) is 13.7. The van der Waals surface area contributed by atoms with Crippen LogP contribution in [0.25, 0.3) is 11.3 Å². The highest BCUT2D eigenvalue weighted by Gasteiger charge is 2.17. The zero-order valence-electron chi connectivity index (χ0n) is 11.0. The van der Waals surface area contributed by atoms with Gasteiger partial charge < -0.3 is 10.3 Å². The Bertz CT molecular complexity index is 635. The lowest BCUT2D eigenvalue weighted by atomic mass is 10.1. The van der Waals surface area contributed by atoms with Gasteiger partial charge >= 0.3 is 0 Å². The van der Waals surface area contributed by atoms with Gasteiger partial charge in [-0.3, -0.25) is 0 Å². The van der Waals surface area contributed by atoms with E-state index in [-0.39, 0.29) is 5.92 Å². The molecule has 19 heavy (non-hydrogen) atoms. The molecule has 98 valence electrons. The van der Waals surface area contributed by atoms with Crippen LogP contribution in [0.1, 0.15) is 25.6 Å². The summed E-state index contributed by atoms with van der Waals surface area (Å²) in [6.45, 7) is 4.61. The molecule has 0 aliphatic rings. The molecule has 0 radical (unpaired) electrons. The van der Waals surface area contributed by atoms with Gasteiger partial charge in [0.05, 0.1) is 6.54 Å². The molecule has 0 aliphatic heterocycles. The smallest absolute Gasteiger partial charge is 0.132 e. The Kier molecular flexibility index (Phi) is 3.96. The molecule has 1 heterocycles. The van der Waals surface area contributed by atoms with E-state index in [0.29, 0.717) is 12.4 Å². The van der Waals surface area contributed by atoms with Crippen LogP contribution < -0.4 is 5.73 Å². The summed E-state index contributed by atoms with van der Waals surface area (Å²) in [6, 6.07) is 7.94.